The van der Waals surface area contributed by atoms with Crippen LogP contribution in [-0.4, -0.2) is 39.5 Å². The fourth-order valence-electron chi connectivity index (χ4n) is 3.06. The van der Waals surface area contributed by atoms with Gasteiger partial charge in [-0.2, -0.15) is 0 Å². The van der Waals surface area contributed by atoms with E-state index in [2.05, 4.69) is 15.2 Å². The average Bonchev–Trinajstić information content (AvgIpc) is 2.90. The molecular weight excluding hydrogens is 206 g/mol. The first-order chi connectivity index (χ1) is 7.74. The number of rotatable bonds is 2. The van der Waals surface area contributed by atoms with Crippen molar-refractivity contribution in [3.63, 3.8) is 0 Å². The van der Waals surface area contributed by atoms with E-state index < -0.39 is 0 Å². The summed E-state index contributed by atoms with van der Waals surface area (Å²) in [5.74, 6) is 1.15. The van der Waals surface area contributed by atoms with Crippen molar-refractivity contribution in [2.24, 2.45) is 11.8 Å². The van der Waals surface area contributed by atoms with Crippen LogP contribution in [0.3, 0.4) is 0 Å². The standard InChI is InChI=1S/C11H17N3O2/c1-7-10(13-16-12-7)6-14-4-8-2-3-11(15)9(8)5-14/h8-9,11,15H,2-6H2,1H3. The third kappa shape index (κ3) is 1.64. The van der Waals surface area contributed by atoms with Crippen molar-refractivity contribution in [1.82, 2.24) is 15.2 Å². The van der Waals surface area contributed by atoms with E-state index in [1.54, 1.807) is 0 Å². The molecule has 16 heavy (non-hydrogen) atoms. The van der Waals surface area contributed by atoms with Crippen LogP contribution in [0, 0.1) is 18.8 Å². The maximum Gasteiger partial charge on any atom is 0.122 e. The Morgan fingerprint density at radius 2 is 2.25 bits per heavy atom. The van der Waals surface area contributed by atoms with E-state index in [0.717, 1.165) is 37.4 Å². The molecule has 1 aliphatic carbocycles. The summed E-state index contributed by atoms with van der Waals surface area (Å²) in [7, 11) is 0. The van der Waals surface area contributed by atoms with E-state index in [1.807, 2.05) is 6.92 Å². The molecule has 88 valence electrons. The van der Waals surface area contributed by atoms with E-state index in [0.29, 0.717) is 11.8 Å². The van der Waals surface area contributed by atoms with E-state index in [4.69, 9.17) is 4.63 Å². The Kier molecular flexibility index (Phi) is 2.44. The topological polar surface area (TPSA) is 62.4 Å². The van der Waals surface area contributed by atoms with E-state index in [-0.39, 0.29) is 6.10 Å². The van der Waals surface area contributed by atoms with Gasteiger partial charge in [0.1, 0.15) is 11.4 Å². The number of hydrogen-bond acceptors (Lipinski definition) is 5. The molecule has 1 aromatic rings. The minimum Gasteiger partial charge on any atom is -0.393 e. The Labute approximate surface area is 94.4 Å². The summed E-state index contributed by atoms with van der Waals surface area (Å²) < 4.78 is 4.69. The molecule has 2 aliphatic rings. The van der Waals surface area contributed by atoms with E-state index in [1.165, 1.54) is 6.42 Å². The average molecular weight is 223 g/mol. The van der Waals surface area contributed by atoms with Crippen LogP contribution in [-0.2, 0) is 6.54 Å². The van der Waals surface area contributed by atoms with Gasteiger partial charge in [-0.25, -0.2) is 4.63 Å². The Balaban J connectivity index is 1.65. The third-order valence-electron chi connectivity index (χ3n) is 4.01. The van der Waals surface area contributed by atoms with Crippen LogP contribution in [0.5, 0.6) is 0 Å². The summed E-state index contributed by atoms with van der Waals surface area (Å²) >= 11 is 0. The molecule has 5 heteroatoms. The fourth-order valence-corrected chi connectivity index (χ4v) is 3.06. The minimum atomic E-state index is -0.0912. The molecular formula is C11H17N3O2. The molecule has 5 nitrogen and oxygen atoms in total. The van der Waals surface area contributed by atoms with Crippen LogP contribution in [0.4, 0.5) is 0 Å². The summed E-state index contributed by atoms with van der Waals surface area (Å²) in [6.07, 6.45) is 2.05. The molecule has 0 bridgehead atoms. The zero-order chi connectivity index (χ0) is 11.1. The van der Waals surface area contributed by atoms with Gasteiger partial charge in [-0.05, 0) is 25.7 Å². The van der Waals surface area contributed by atoms with Crippen molar-refractivity contribution in [3.8, 4) is 0 Å². The molecule has 3 atom stereocenters. The number of hydrogen-bond donors (Lipinski definition) is 1. The molecule has 1 saturated heterocycles. The number of aliphatic hydroxyl groups excluding tert-OH is 1. The summed E-state index contributed by atoms with van der Waals surface area (Å²) in [6.45, 7) is 4.78. The third-order valence-corrected chi connectivity index (χ3v) is 4.01. The van der Waals surface area contributed by atoms with Gasteiger partial charge >= 0.3 is 0 Å². The van der Waals surface area contributed by atoms with Gasteiger partial charge in [0.15, 0.2) is 0 Å². The molecule has 1 aromatic heterocycles. The van der Waals surface area contributed by atoms with Gasteiger partial charge in [0.25, 0.3) is 0 Å². The largest absolute Gasteiger partial charge is 0.393 e. The molecule has 1 N–H and O–H groups in total. The SMILES string of the molecule is Cc1nonc1CN1CC2CCC(O)C2C1. The van der Waals surface area contributed by atoms with Gasteiger partial charge in [-0.15, -0.1) is 0 Å². The second kappa shape index (κ2) is 3.82. The van der Waals surface area contributed by atoms with Crippen molar-refractivity contribution < 1.29 is 9.74 Å². The first-order valence-electron chi connectivity index (χ1n) is 5.92. The van der Waals surface area contributed by atoms with Gasteiger partial charge in [0, 0.05) is 25.6 Å². The van der Waals surface area contributed by atoms with Crippen LogP contribution >= 0.6 is 0 Å². The predicted octanol–water partition coefficient (Wildman–Crippen LogP) is 0.581. The molecule has 1 saturated carbocycles. The van der Waals surface area contributed by atoms with Crippen LogP contribution < -0.4 is 0 Å². The van der Waals surface area contributed by atoms with Crippen LogP contribution in [0.2, 0.25) is 0 Å². The lowest BCUT2D eigenvalue weighted by Crippen LogP contribution is -2.24. The maximum absolute atomic E-state index is 9.82. The summed E-state index contributed by atoms with van der Waals surface area (Å²) in [4.78, 5) is 2.35. The molecule has 0 aromatic carbocycles. The number of aryl methyl sites for hydroxylation is 1. The molecule has 2 heterocycles. The smallest absolute Gasteiger partial charge is 0.122 e. The Morgan fingerprint density at radius 3 is 2.94 bits per heavy atom. The van der Waals surface area contributed by atoms with Gasteiger partial charge in [0.2, 0.25) is 0 Å². The van der Waals surface area contributed by atoms with E-state index in [9.17, 15) is 5.11 Å². The minimum absolute atomic E-state index is 0.0912. The highest BCUT2D eigenvalue weighted by Crippen LogP contribution is 2.38. The fraction of sp³-hybridized carbons (Fsp3) is 0.818. The Hall–Kier alpha value is -0.940. The van der Waals surface area contributed by atoms with E-state index >= 15 is 0 Å². The van der Waals surface area contributed by atoms with Crippen molar-refractivity contribution in [3.05, 3.63) is 11.4 Å². The lowest BCUT2D eigenvalue weighted by atomic mass is 10.00. The summed E-state index contributed by atoms with van der Waals surface area (Å²) in [6, 6.07) is 0. The zero-order valence-electron chi connectivity index (χ0n) is 9.46. The first kappa shape index (κ1) is 10.2. The zero-order valence-corrected chi connectivity index (χ0v) is 9.46. The summed E-state index contributed by atoms with van der Waals surface area (Å²) in [5, 5.41) is 17.5. The van der Waals surface area contributed by atoms with Crippen LogP contribution in [0.25, 0.3) is 0 Å². The van der Waals surface area contributed by atoms with Crippen LogP contribution in [0.1, 0.15) is 24.2 Å². The maximum atomic E-state index is 9.82. The molecule has 0 amide bonds. The number of likely N-dealkylation sites (tertiary alicyclic amines) is 1. The Morgan fingerprint density at radius 1 is 1.38 bits per heavy atom. The quantitative estimate of drug-likeness (QED) is 0.794. The number of aliphatic hydroxyl groups is 1. The lowest BCUT2D eigenvalue weighted by molar-refractivity contribution is 0.123. The number of fused-ring (bicyclic) bond motifs is 1. The van der Waals surface area contributed by atoms with Gasteiger partial charge in [0.05, 0.1) is 6.10 Å². The predicted molar refractivity (Wildman–Crippen MR) is 56.5 cm³/mol. The summed E-state index contributed by atoms with van der Waals surface area (Å²) in [5.41, 5.74) is 1.80. The molecule has 1 aliphatic heterocycles. The molecule has 3 rings (SSSR count). The number of aromatic nitrogens is 2. The first-order valence-corrected chi connectivity index (χ1v) is 5.92. The Bertz CT molecular complexity index is 379. The monoisotopic (exact) mass is 223 g/mol. The van der Waals surface area contributed by atoms with Crippen molar-refractivity contribution in [2.75, 3.05) is 13.1 Å². The molecule has 2 fully saturated rings. The van der Waals surface area contributed by atoms with Crippen LogP contribution in [0.15, 0.2) is 4.63 Å². The molecule has 3 unspecified atom stereocenters. The second-order valence-corrected chi connectivity index (χ2v) is 5.06. The highest BCUT2D eigenvalue weighted by atomic mass is 16.6. The molecule has 0 radical (unpaired) electrons. The lowest BCUT2D eigenvalue weighted by Gasteiger charge is -2.16. The van der Waals surface area contributed by atoms with Gasteiger partial charge in [-0.3, -0.25) is 4.90 Å². The van der Waals surface area contributed by atoms with Crippen molar-refractivity contribution in [1.29, 1.82) is 0 Å². The van der Waals surface area contributed by atoms with Gasteiger partial charge < -0.3 is 5.11 Å². The highest BCUT2D eigenvalue weighted by Gasteiger charge is 2.41. The van der Waals surface area contributed by atoms with Crippen molar-refractivity contribution >= 4 is 0 Å². The van der Waals surface area contributed by atoms with Gasteiger partial charge in [-0.1, -0.05) is 10.3 Å². The second-order valence-electron chi connectivity index (χ2n) is 5.06. The van der Waals surface area contributed by atoms with Crippen molar-refractivity contribution in [2.45, 2.75) is 32.4 Å². The normalized spacial score (nSPS) is 34.5. The number of nitrogens with zero attached hydrogens (tertiary/aromatic N) is 3. The molecule has 0 spiro atoms. The highest BCUT2D eigenvalue weighted by molar-refractivity contribution is 5.05.